The molecule has 19 heavy (non-hydrogen) atoms. The van der Waals surface area contributed by atoms with E-state index in [4.69, 9.17) is 0 Å². The van der Waals surface area contributed by atoms with Gasteiger partial charge < -0.3 is 9.90 Å². The van der Waals surface area contributed by atoms with E-state index in [-0.39, 0.29) is 33.7 Å². The summed E-state index contributed by atoms with van der Waals surface area (Å²) in [5.74, 6) is -0.905. The van der Waals surface area contributed by atoms with Crippen LogP contribution in [0.3, 0.4) is 0 Å². The van der Waals surface area contributed by atoms with Crippen LogP contribution < -0.4 is 5.11 Å². The average Bonchev–Trinajstić information content (AvgIpc) is 2.34. The van der Waals surface area contributed by atoms with E-state index in [0.717, 1.165) is 12.8 Å². The van der Waals surface area contributed by atoms with Gasteiger partial charge in [0, 0.05) is 33.3 Å². The SMILES string of the molecule is CCCCCCCCCCCCCCCC(=O)[O-].[Pb]. The molecule has 0 fully saturated rings. The molecule has 0 saturated heterocycles. The summed E-state index contributed by atoms with van der Waals surface area (Å²) >= 11 is 0. The zero-order valence-electron chi connectivity index (χ0n) is 12.7. The van der Waals surface area contributed by atoms with E-state index in [2.05, 4.69) is 6.92 Å². The van der Waals surface area contributed by atoms with E-state index >= 15 is 0 Å². The molecular formula is C16H31O2Pb-. The van der Waals surface area contributed by atoms with E-state index in [1.807, 2.05) is 0 Å². The molecule has 4 radical (unpaired) electrons. The molecule has 0 saturated carbocycles. The summed E-state index contributed by atoms with van der Waals surface area (Å²) < 4.78 is 0. The van der Waals surface area contributed by atoms with Gasteiger partial charge in [-0.2, -0.15) is 0 Å². The maximum atomic E-state index is 10.2. The van der Waals surface area contributed by atoms with Crippen LogP contribution in [-0.4, -0.2) is 33.3 Å². The molecular weight excluding hydrogens is 431 g/mol. The van der Waals surface area contributed by atoms with Gasteiger partial charge in [0.15, 0.2) is 0 Å². The van der Waals surface area contributed by atoms with Crippen molar-refractivity contribution in [3.8, 4) is 0 Å². The quantitative estimate of drug-likeness (QED) is 0.291. The van der Waals surface area contributed by atoms with E-state index in [1.165, 1.54) is 70.6 Å². The molecule has 0 aliphatic rings. The van der Waals surface area contributed by atoms with Crippen molar-refractivity contribution in [3.05, 3.63) is 0 Å². The number of carbonyl (C=O) groups excluding carboxylic acids is 1. The number of carbonyl (C=O) groups is 1. The van der Waals surface area contributed by atoms with E-state index in [1.54, 1.807) is 0 Å². The second-order valence-electron chi connectivity index (χ2n) is 5.36. The van der Waals surface area contributed by atoms with Gasteiger partial charge in [-0.1, -0.05) is 84.0 Å². The summed E-state index contributed by atoms with van der Waals surface area (Å²) in [6, 6.07) is 0. The molecule has 0 aliphatic heterocycles. The predicted molar refractivity (Wildman–Crippen MR) is 81.1 cm³/mol. The van der Waals surface area contributed by atoms with Crippen LogP contribution >= 0.6 is 0 Å². The minimum Gasteiger partial charge on any atom is -0.550 e. The second-order valence-corrected chi connectivity index (χ2v) is 5.36. The third-order valence-corrected chi connectivity index (χ3v) is 3.48. The standard InChI is InChI=1S/C16H32O2.Pb/c1-2-3-4-5-6-7-8-9-10-11-12-13-14-15-16(17)18;/h2-15H2,1H3,(H,17,18);/p-1. The van der Waals surface area contributed by atoms with Crippen LogP contribution in [0.25, 0.3) is 0 Å². The van der Waals surface area contributed by atoms with Crippen LogP contribution in [0.2, 0.25) is 0 Å². The first kappa shape index (κ1) is 21.7. The first-order valence-corrected chi connectivity index (χ1v) is 7.97. The molecule has 0 aromatic carbocycles. The van der Waals surface area contributed by atoms with Gasteiger partial charge in [-0.05, 0) is 12.8 Å². The molecule has 0 N–H and O–H groups in total. The smallest absolute Gasteiger partial charge is 0.0414 e. The van der Waals surface area contributed by atoms with Gasteiger partial charge in [-0.15, -0.1) is 0 Å². The largest absolute Gasteiger partial charge is 0.550 e. The number of carboxylic acids is 1. The minimum atomic E-state index is -0.905. The third kappa shape index (κ3) is 20.9. The Bertz CT molecular complexity index is 184. The van der Waals surface area contributed by atoms with Crippen LogP contribution in [0.4, 0.5) is 0 Å². The summed E-state index contributed by atoms with van der Waals surface area (Å²) in [5, 5.41) is 10.2. The maximum absolute atomic E-state index is 10.2. The van der Waals surface area contributed by atoms with Crippen LogP contribution in [0.1, 0.15) is 96.8 Å². The average molecular weight is 463 g/mol. The summed E-state index contributed by atoms with van der Waals surface area (Å²) in [6.07, 6.45) is 16.9. The van der Waals surface area contributed by atoms with Gasteiger partial charge in [0.05, 0.1) is 0 Å². The zero-order chi connectivity index (χ0) is 13.5. The molecule has 0 aliphatic carbocycles. The maximum Gasteiger partial charge on any atom is 0.0414 e. The second kappa shape index (κ2) is 18.4. The topological polar surface area (TPSA) is 40.1 Å². The van der Waals surface area contributed by atoms with Crippen molar-refractivity contribution in [1.29, 1.82) is 0 Å². The summed E-state index contributed by atoms with van der Waals surface area (Å²) in [4.78, 5) is 10.2. The number of carboxylic acid groups (broad SMARTS) is 1. The number of hydrogen-bond donors (Lipinski definition) is 0. The van der Waals surface area contributed by atoms with Crippen molar-refractivity contribution < 1.29 is 9.90 Å². The van der Waals surface area contributed by atoms with Crippen LogP contribution in [0, 0.1) is 0 Å². The monoisotopic (exact) mass is 463 g/mol. The summed E-state index contributed by atoms with van der Waals surface area (Å²) in [5.41, 5.74) is 0. The summed E-state index contributed by atoms with van der Waals surface area (Å²) in [6.45, 7) is 2.26. The van der Waals surface area contributed by atoms with Gasteiger partial charge >= 0.3 is 0 Å². The van der Waals surface area contributed by atoms with Crippen LogP contribution in [0.15, 0.2) is 0 Å². The Morgan fingerprint density at radius 2 is 1.00 bits per heavy atom. The Kier molecular flexibility index (Phi) is 21.0. The minimum absolute atomic E-state index is 0. The first-order chi connectivity index (χ1) is 8.77. The molecule has 2 nitrogen and oxygen atoms in total. The van der Waals surface area contributed by atoms with E-state index in [9.17, 15) is 9.90 Å². The Hall–Kier alpha value is 0.392. The van der Waals surface area contributed by atoms with Crippen molar-refractivity contribution in [2.24, 2.45) is 0 Å². The Morgan fingerprint density at radius 1 is 0.684 bits per heavy atom. The molecule has 0 unspecified atom stereocenters. The molecule has 0 amide bonds. The van der Waals surface area contributed by atoms with Gasteiger partial charge in [0.2, 0.25) is 0 Å². The van der Waals surface area contributed by atoms with Gasteiger partial charge in [0.1, 0.15) is 0 Å². The number of hydrogen-bond acceptors (Lipinski definition) is 2. The molecule has 0 atom stereocenters. The van der Waals surface area contributed by atoms with Gasteiger partial charge in [0.25, 0.3) is 0 Å². The fraction of sp³-hybridized carbons (Fsp3) is 0.938. The van der Waals surface area contributed by atoms with Crippen LogP contribution in [-0.2, 0) is 4.79 Å². The van der Waals surface area contributed by atoms with Crippen molar-refractivity contribution in [1.82, 2.24) is 0 Å². The Morgan fingerprint density at radius 3 is 1.32 bits per heavy atom. The molecule has 0 heterocycles. The number of unbranched alkanes of at least 4 members (excludes halogenated alkanes) is 12. The molecule has 3 heteroatoms. The van der Waals surface area contributed by atoms with Crippen molar-refractivity contribution >= 4 is 33.3 Å². The van der Waals surface area contributed by atoms with Crippen molar-refractivity contribution in [2.45, 2.75) is 96.8 Å². The van der Waals surface area contributed by atoms with Crippen molar-refractivity contribution in [2.75, 3.05) is 0 Å². The molecule has 0 rings (SSSR count). The van der Waals surface area contributed by atoms with E-state index < -0.39 is 5.97 Å². The zero-order valence-corrected chi connectivity index (χ0v) is 16.6. The fourth-order valence-corrected chi connectivity index (χ4v) is 2.29. The van der Waals surface area contributed by atoms with E-state index in [0.29, 0.717) is 0 Å². The first-order valence-electron chi connectivity index (χ1n) is 7.97. The van der Waals surface area contributed by atoms with Crippen molar-refractivity contribution in [3.63, 3.8) is 0 Å². The number of aliphatic carboxylic acids is 1. The molecule has 112 valence electrons. The van der Waals surface area contributed by atoms with Gasteiger partial charge in [-0.3, -0.25) is 0 Å². The molecule has 0 aromatic rings. The normalized spacial score (nSPS) is 10.2. The van der Waals surface area contributed by atoms with Crippen LogP contribution in [0.5, 0.6) is 0 Å². The molecule has 0 bridgehead atoms. The third-order valence-electron chi connectivity index (χ3n) is 3.48. The Balaban J connectivity index is 0. The molecule has 0 aromatic heterocycles. The van der Waals surface area contributed by atoms with Gasteiger partial charge in [-0.25, -0.2) is 0 Å². The Labute approximate surface area is 139 Å². The fourth-order valence-electron chi connectivity index (χ4n) is 2.29. The predicted octanol–water partition coefficient (Wildman–Crippen LogP) is 3.84. The number of rotatable bonds is 14. The molecule has 0 spiro atoms. The summed E-state index contributed by atoms with van der Waals surface area (Å²) in [7, 11) is 0.